The lowest BCUT2D eigenvalue weighted by Gasteiger charge is -2.49. The topological polar surface area (TPSA) is 0 Å². The number of rotatable bonds is 8. The van der Waals surface area contributed by atoms with Gasteiger partial charge < -0.3 is 0 Å². The molecule has 0 unspecified atom stereocenters. The molecule has 0 fully saturated rings. The molecular formula is C36H68. The van der Waals surface area contributed by atoms with Crippen molar-refractivity contribution in [2.45, 2.75) is 168 Å². The smallest absolute Gasteiger partial charge is 0.00520 e. The number of hydrogen-bond acceptors (Lipinski definition) is 0. The quantitative estimate of drug-likeness (QED) is 0.333. The fraction of sp³-hybridized carbons (Fsp3) is 0.833. The highest BCUT2D eigenvalue weighted by atomic mass is 14.5. The Hall–Kier alpha value is -0.780. The number of hydrogen-bond donors (Lipinski definition) is 0. The molecule has 0 aliphatic heterocycles. The summed E-state index contributed by atoms with van der Waals surface area (Å²) in [6, 6.07) is 7.62. The van der Waals surface area contributed by atoms with E-state index in [4.69, 9.17) is 0 Å². The first kappa shape index (κ1) is 35.2. The fourth-order valence-corrected chi connectivity index (χ4v) is 5.67. The molecule has 0 radical (unpaired) electrons. The predicted molar refractivity (Wildman–Crippen MR) is 167 cm³/mol. The second kappa shape index (κ2) is 11.1. The van der Waals surface area contributed by atoms with Gasteiger partial charge in [-0.2, -0.15) is 0 Å². The van der Waals surface area contributed by atoms with Crippen molar-refractivity contribution in [1.82, 2.24) is 0 Å². The van der Waals surface area contributed by atoms with Crippen LogP contribution < -0.4 is 0 Å². The summed E-state index contributed by atoms with van der Waals surface area (Å²) in [5, 5.41) is 0. The van der Waals surface area contributed by atoms with Gasteiger partial charge in [-0.1, -0.05) is 157 Å². The highest BCUT2D eigenvalue weighted by Crippen LogP contribution is 2.53. The molecule has 0 N–H and O–H groups in total. The minimum atomic E-state index is 0.0550. The van der Waals surface area contributed by atoms with E-state index < -0.39 is 0 Å². The Bertz CT molecular complexity index is 826. The molecule has 0 heterocycles. The lowest BCUT2D eigenvalue weighted by Crippen LogP contribution is -2.42. The van der Waals surface area contributed by atoms with Crippen molar-refractivity contribution in [3.05, 3.63) is 34.9 Å². The van der Waals surface area contributed by atoms with Crippen LogP contribution >= 0.6 is 0 Å². The summed E-state index contributed by atoms with van der Waals surface area (Å²) in [6.45, 7) is 47.7. The third-order valence-corrected chi connectivity index (χ3v) is 10.1. The molecule has 0 aromatic heterocycles. The van der Waals surface area contributed by atoms with Crippen molar-refractivity contribution in [2.75, 3.05) is 0 Å². The van der Waals surface area contributed by atoms with Crippen LogP contribution in [0, 0.1) is 27.6 Å². The van der Waals surface area contributed by atoms with E-state index in [1.165, 1.54) is 29.5 Å². The van der Waals surface area contributed by atoms with Gasteiger partial charge in [0.1, 0.15) is 0 Å². The van der Waals surface area contributed by atoms with Crippen molar-refractivity contribution >= 4 is 0 Å². The monoisotopic (exact) mass is 501 g/mol. The van der Waals surface area contributed by atoms with Gasteiger partial charge in [-0.05, 0) is 73.4 Å². The summed E-state index contributed by atoms with van der Waals surface area (Å²) < 4.78 is 0. The van der Waals surface area contributed by atoms with Gasteiger partial charge in [0.15, 0.2) is 0 Å². The molecule has 1 rings (SSSR count). The molecule has 0 spiro atoms. The zero-order chi connectivity index (χ0) is 29.3. The van der Waals surface area contributed by atoms with Gasteiger partial charge in [0.25, 0.3) is 0 Å². The molecule has 0 heteroatoms. The summed E-state index contributed by atoms with van der Waals surface area (Å²) in [4.78, 5) is 0. The SMILES string of the molecule is CC.CC(C)C(C)(C)CC(C)(C)C(C)(C)c1cc(C(C)(C)C)cc(C(C)(C)C(C)(C)CC(C)(C)C)c1. The second-order valence-corrected chi connectivity index (χ2v) is 17.1. The van der Waals surface area contributed by atoms with Crippen molar-refractivity contribution in [3.63, 3.8) is 0 Å². The Morgan fingerprint density at radius 2 is 0.806 bits per heavy atom. The average molecular weight is 501 g/mol. The van der Waals surface area contributed by atoms with E-state index in [1.807, 2.05) is 13.8 Å². The summed E-state index contributed by atoms with van der Waals surface area (Å²) in [5.41, 5.74) is 5.65. The van der Waals surface area contributed by atoms with Crippen LogP contribution in [0.5, 0.6) is 0 Å². The molecule has 1 aromatic carbocycles. The van der Waals surface area contributed by atoms with Gasteiger partial charge in [-0.3, -0.25) is 0 Å². The molecule has 0 atom stereocenters. The second-order valence-electron chi connectivity index (χ2n) is 17.1. The number of benzene rings is 1. The van der Waals surface area contributed by atoms with Crippen molar-refractivity contribution in [3.8, 4) is 0 Å². The first-order valence-electron chi connectivity index (χ1n) is 14.8. The molecule has 1 aromatic rings. The van der Waals surface area contributed by atoms with Crippen molar-refractivity contribution < 1.29 is 0 Å². The molecular weight excluding hydrogens is 432 g/mol. The van der Waals surface area contributed by atoms with Crippen LogP contribution in [0.4, 0.5) is 0 Å². The van der Waals surface area contributed by atoms with Gasteiger partial charge >= 0.3 is 0 Å². The van der Waals surface area contributed by atoms with Crippen LogP contribution in [0.25, 0.3) is 0 Å². The minimum absolute atomic E-state index is 0.0550. The normalized spacial score (nSPS) is 14.6. The predicted octanol–water partition coefficient (Wildman–Crippen LogP) is 12.1. The Kier molecular flexibility index (Phi) is 10.9. The Labute approximate surface area is 229 Å². The first-order chi connectivity index (χ1) is 15.7. The highest BCUT2D eigenvalue weighted by molar-refractivity contribution is 5.42. The van der Waals surface area contributed by atoms with Crippen LogP contribution in [0.15, 0.2) is 18.2 Å². The average Bonchev–Trinajstić information content (AvgIpc) is 2.65. The van der Waals surface area contributed by atoms with Gasteiger partial charge in [0, 0.05) is 0 Å². The van der Waals surface area contributed by atoms with Gasteiger partial charge in [-0.15, -0.1) is 0 Å². The lowest BCUT2D eigenvalue weighted by atomic mass is 9.55. The van der Waals surface area contributed by atoms with E-state index in [0.29, 0.717) is 16.7 Å². The van der Waals surface area contributed by atoms with E-state index in [2.05, 4.69) is 143 Å². The molecule has 36 heavy (non-hydrogen) atoms. The van der Waals surface area contributed by atoms with Crippen molar-refractivity contribution in [1.29, 1.82) is 0 Å². The third kappa shape index (κ3) is 8.11. The summed E-state index contributed by atoms with van der Waals surface area (Å²) in [5.74, 6) is 0.663. The third-order valence-electron chi connectivity index (χ3n) is 10.1. The first-order valence-corrected chi connectivity index (χ1v) is 14.8. The zero-order valence-electron chi connectivity index (χ0n) is 28.7. The largest absolute Gasteiger partial charge is 0.0683 e. The standard InChI is InChI=1S/C34H62.C2H6/c1-24(2)30(9,10)23-32(13,14)34(17,18)27-20-25(29(6,7)8)19-26(21-27)33(15,16)31(11,12)22-28(3,4)5;1-2/h19-21,24H,22-23H2,1-18H3;1-2H3. The van der Waals surface area contributed by atoms with E-state index in [-0.39, 0.29) is 27.1 Å². The Morgan fingerprint density at radius 1 is 0.500 bits per heavy atom. The van der Waals surface area contributed by atoms with E-state index in [1.54, 1.807) is 0 Å². The van der Waals surface area contributed by atoms with E-state index in [9.17, 15) is 0 Å². The maximum absolute atomic E-state index is 2.57. The summed E-state index contributed by atoms with van der Waals surface area (Å²) in [7, 11) is 0. The molecule has 0 aliphatic rings. The van der Waals surface area contributed by atoms with Crippen LogP contribution in [0.3, 0.4) is 0 Å². The van der Waals surface area contributed by atoms with E-state index >= 15 is 0 Å². The fourth-order valence-electron chi connectivity index (χ4n) is 5.67. The Balaban J connectivity index is 0.00000596. The van der Waals surface area contributed by atoms with Crippen LogP contribution in [0.1, 0.15) is 168 Å². The van der Waals surface area contributed by atoms with Gasteiger partial charge in [0.2, 0.25) is 0 Å². The maximum atomic E-state index is 2.57. The van der Waals surface area contributed by atoms with E-state index in [0.717, 1.165) is 0 Å². The molecule has 0 amide bonds. The van der Waals surface area contributed by atoms with Crippen LogP contribution in [-0.4, -0.2) is 0 Å². The minimum Gasteiger partial charge on any atom is -0.0683 e. The van der Waals surface area contributed by atoms with Crippen LogP contribution in [0.2, 0.25) is 0 Å². The molecule has 0 nitrogen and oxygen atoms in total. The molecule has 0 saturated heterocycles. The molecule has 0 saturated carbocycles. The maximum Gasteiger partial charge on any atom is -0.00520 e. The van der Waals surface area contributed by atoms with Gasteiger partial charge in [-0.25, -0.2) is 0 Å². The molecule has 0 aliphatic carbocycles. The molecule has 212 valence electrons. The summed E-state index contributed by atoms with van der Waals surface area (Å²) in [6.07, 6.45) is 2.40. The highest BCUT2D eigenvalue weighted by Gasteiger charge is 2.45. The van der Waals surface area contributed by atoms with Crippen molar-refractivity contribution in [2.24, 2.45) is 27.6 Å². The van der Waals surface area contributed by atoms with Gasteiger partial charge in [0.05, 0.1) is 0 Å². The zero-order valence-corrected chi connectivity index (χ0v) is 28.7. The summed E-state index contributed by atoms with van der Waals surface area (Å²) >= 11 is 0. The Morgan fingerprint density at radius 3 is 1.08 bits per heavy atom. The lowest BCUT2D eigenvalue weighted by molar-refractivity contribution is 0.0802. The molecule has 0 bridgehead atoms. The van der Waals surface area contributed by atoms with Crippen LogP contribution in [-0.2, 0) is 16.2 Å².